The summed E-state index contributed by atoms with van der Waals surface area (Å²) in [6.45, 7) is 6.21. The molecule has 4 atom stereocenters. The summed E-state index contributed by atoms with van der Waals surface area (Å²) in [4.78, 5) is 10.5. The summed E-state index contributed by atoms with van der Waals surface area (Å²) in [6.07, 6.45) is 11.7. The quantitative estimate of drug-likeness (QED) is 0.172. The molecule has 4 unspecified atom stereocenters. The van der Waals surface area contributed by atoms with Crippen LogP contribution in [0.4, 0.5) is 0 Å². The molecule has 0 aromatic carbocycles. The van der Waals surface area contributed by atoms with Crippen LogP contribution < -0.4 is 0 Å². The number of carboxylic acids is 1. The Morgan fingerprint density at radius 1 is 1.32 bits per heavy atom. The van der Waals surface area contributed by atoms with Gasteiger partial charge in [0.2, 0.25) is 0 Å². The molecule has 0 aliphatic heterocycles. The van der Waals surface area contributed by atoms with Crippen molar-refractivity contribution in [2.75, 3.05) is 0 Å². The van der Waals surface area contributed by atoms with Gasteiger partial charge in [0, 0.05) is 24.7 Å². The summed E-state index contributed by atoms with van der Waals surface area (Å²) in [5.41, 5.74) is 0.298. The highest BCUT2D eigenvalue weighted by atomic mass is 16.4. The number of oxime groups is 1. The summed E-state index contributed by atoms with van der Waals surface area (Å²) in [7, 11) is 0. The molecule has 1 rings (SSSR count). The van der Waals surface area contributed by atoms with Crippen molar-refractivity contribution >= 4 is 11.7 Å². The zero-order valence-corrected chi connectivity index (χ0v) is 17.4. The van der Waals surface area contributed by atoms with Crippen LogP contribution in [0.1, 0.15) is 72.1 Å². The molecule has 160 valence electrons. The van der Waals surface area contributed by atoms with E-state index in [4.69, 9.17) is 5.11 Å². The van der Waals surface area contributed by atoms with Gasteiger partial charge in [0.1, 0.15) is 0 Å². The van der Waals surface area contributed by atoms with Crippen molar-refractivity contribution in [1.29, 1.82) is 0 Å². The van der Waals surface area contributed by atoms with Crippen LogP contribution in [0.25, 0.3) is 0 Å². The van der Waals surface area contributed by atoms with Gasteiger partial charge in [0.05, 0.1) is 17.9 Å². The molecule has 4 N–H and O–H groups in total. The number of aliphatic carboxylic acids is 1. The fraction of sp³-hybridized carbons (Fsp3) is 0.727. The number of aliphatic hydroxyl groups excluding tert-OH is 2. The van der Waals surface area contributed by atoms with Crippen molar-refractivity contribution < 1.29 is 25.3 Å². The molecule has 0 radical (unpaired) electrons. The predicted molar refractivity (Wildman–Crippen MR) is 111 cm³/mol. The second-order valence-corrected chi connectivity index (χ2v) is 8.47. The fourth-order valence-electron chi connectivity index (χ4n) is 3.66. The van der Waals surface area contributed by atoms with Crippen LogP contribution in [0.5, 0.6) is 0 Å². The molecule has 1 aliphatic carbocycles. The van der Waals surface area contributed by atoms with Gasteiger partial charge >= 0.3 is 5.97 Å². The van der Waals surface area contributed by atoms with E-state index < -0.39 is 18.2 Å². The first-order valence-corrected chi connectivity index (χ1v) is 10.3. The largest absolute Gasteiger partial charge is 0.481 e. The number of allylic oxidation sites excluding steroid dienone is 3. The van der Waals surface area contributed by atoms with Gasteiger partial charge in [-0.3, -0.25) is 4.79 Å². The maximum absolute atomic E-state index is 10.6. The summed E-state index contributed by atoms with van der Waals surface area (Å²) >= 11 is 0. The van der Waals surface area contributed by atoms with Crippen molar-refractivity contribution in [2.45, 2.75) is 84.3 Å². The van der Waals surface area contributed by atoms with Gasteiger partial charge in [-0.2, -0.15) is 0 Å². The molecule has 0 saturated heterocycles. The third kappa shape index (κ3) is 7.76. The van der Waals surface area contributed by atoms with Crippen LogP contribution in [-0.2, 0) is 4.79 Å². The number of carboxylic acid groups (broad SMARTS) is 1. The van der Waals surface area contributed by atoms with Crippen LogP contribution >= 0.6 is 0 Å². The monoisotopic (exact) mass is 395 g/mol. The van der Waals surface area contributed by atoms with Gasteiger partial charge in [-0.25, -0.2) is 0 Å². The van der Waals surface area contributed by atoms with E-state index in [0.717, 1.165) is 19.3 Å². The second-order valence-electron chi connectivity index (χ2n) is 8.47. The predicted octanol–water partition coefficient (Wildman–Crippen LogP) is 4.15. The van der Waals surface area contributed by atoms with Crippen LogP contribution in [0.3, 0.4) is 0 Å². The Hall–Kier alpha value is -1.66. The van der Waals surface area contributed by atoms with Gasteiger partial charge < -0.3 is 20.5 Å². The van der Waals surface area contributed by atoms with Crippen LogP contribution in [0.15, 0.2) is 29.5 Å². The van der Waals surface area contributed by atoms with E-state index in [1.54, 1.807) is 6.08 Å². The molecule has 6 heteroatoms. The van der Waals surface area contributed by atoms with E-state index in [9.17, 15) is 20.2 Å². The van der Waals surface area contributed by atoms with Crippen molar-refractivity contribution in [3.63, 3.8) is 0 Å². The molecule has 0 spiro atoms. The lowest BCUT2D eigenvalue weighted by Gasteiger charge is -2.29. The topological polar surface area (TPSA) is 110 Å². The molecule has 1 saturated carbocycles. The number of hydrogen-bond acceptors (Lipinski definition) is 5. The molecule has 0 amide bonds. The molecule has 1 aliphatic rings. The third-order valence-corrected chi connectivity index (χ3v) is 5.70. The summed E-state index contributed by atoms with van der Waals surface area (Å²) in [6, 6.07) is 0. The Morgan fingerprint density at radius 3 is 2.64 bits per heavy atom. The summed E-state index contributed by atoms with van der Waals surface area (Å²) in [5.74, 6) is -1.14. The smallest absolute Gasteiger partial charge is 0.303 e. The first-order valence-electron chi connectivity index (χ1n) is 10.3. The van der Waals surface area contributed by atoms with Crippen molar-refractivity contribution in [2.24, 2.45) is 22.4 Å². The number of rotatable bonds is 12. The molecule has 6 nitrogen and oxygen atoms in total. The Bertz CT molecular complexity index is 567. The van der Waals surface area contributed by atoms with E-state index in [2.05, 4.69) is 12.1 Å². The maximum Gasteiger partial charge on any atom is 0.303 e. The lowest BCUT2D eigenvalue weighted by Crippen LogP contribution is -2.28. The van der Waals surface area contributed by atoms with Crippen molar-refractivity contribution in [3.05, 3.63) is 24.3 Å². The van der Waals surface area contributed by atoms with Gasteiger partial charge in [0.15, 0.2) is 0 Å². The molecular weight excluding hydrogens is 358 g/mol. The Kier molecular flexibility index (Phi) is 10.5. The first kappa shape index (κ1) is 24.4. The Balaban J connectivity index is 2.73. The SMILES string of the molecule is CCCCC(C)(C)C(O)/C=C/C1/C(=N\O)CC(O)C1C/C=C/CCCC(=O)O. The molecule has 0 aromatic heterocycles. The minimum atomic E-state index is -0.797. The molecule has 0 aromatic rings. The van der Waals surface area contributed by atoms with Gasteiger partial charge in [-0.15, -0.1) is 0 Å². The van der Waals surface area contributed by atoms with E-state index in [1.165, 1.54) is 0 Å². The molecule has 0 bridgehead atoms. The van der Waals surface area contributed by atoms with Gasteiger partial charge in [0.25, 0.3) is 0 Å². The van der Waals surface area contributed by atoms with Crippen LogP contribution in [0, 0.1) is 17.3 Å². The Morgan fingerprint density at radius 2 is 2.04 bits per heavy atom. The minimum absolute atomic E-state index is 0.121. The van der Waals surface area contributed by atoms with E-state index in [-0.39, 0.29) is 23.7 Å². The van der Waals surface area contributed by atoms with Crippen LogP contribution in [0.2, 0.25) is 0 Å². The van der Waals surface area contributed by atoms with Crippen LogP contribution in [-0.4, -0.2) is 44.4 Å². The number of hydrogen-bond donors (Lipinski definition) is 4. The fourth-order valence-corrected chi connectivity index (χ4v) is 3.66. The molecule has 28 heavy (non-hydrogen) atoms. The lowest BCUT2D eigenvalue weighted by atomic mass is 9.80. The summed E-state index contributed by atoms with van der Waals surface area (Å²) < 4.78 is 0. The van der Waals surface area contributed by atoms with E-state index in [0.29, 0.717) is 31.4 Å². The van der Waals surface area contributed by atoms with E-state index in [1.807, 2.05) is 32.1 Å². The van der Waals surface area contributed by atoms with E-state index >= 15 is 0 Å². The maximum atomic E-state index is 10.6. The highest BCUT2D eigenvalue weighted by molar-refractivity contribution is 5.90. The number of carbonyl (C=O) groups is 1. The van der Waals surface area contributed by atoms with Gasteiger partial charge in [-0.05, 0) is 31.1 Å². The normalized spacial score (nSPS) is 25.9. The highest BCUT2D eigenvalue weighted by Gasteiger charge is 2.38. The van der Waals surface area contributed by atoms with Gasteiger partial charge in [-0.1, -0.05) is 63.1 Å². The zero-order chi connectivity index (χ0) is 21.2. The standard InChI is InChI=1S/C22H37NO5/c1-4-5-14-22(2,3)20(25)13-12-16-17(19(24)15-18(16)23-28)10-8-6-7-9-11-21(26)27/h6,8,12-13,16-17,19-20,24-25,28H,4-5,7,9-11,14-15H2,1-3H3,(H,26,27)/b8-6+,13-12+,23-18-. The molecule has 1 fully saturated rings. The zero-order valence-electron chi connectivity index (χ0n) is 17.4. The van der Waals surface area contributed by atoms with Crippen molar-refractivity contribution in [3.8, 4) is 0 Å². The molecule has 0 heterocycles. The highest BCUT2D eigenvalue weighted by Crippen LogP contribution is 2.35. The number of unbranched alkanes of at least 4 members (excludes halogenated alkanes) is 2. The third-order valence-electron chi connectivity index (χ3n) is 5.70. The van der Waals surface area contributed by atoms with Crippen molar-refractivity contribution in [1.82, 2.24) is 0 Å². The minimum Gasteiger partial charge on any atom is -0.481 e. The average Bonchev–Trinajstić information content (AvgIpc) is 2.95. The lowest BCUT2D eigenvalue weighted by molar-refractivity contribution is -0.137. The summed E-state index contributed by atoms with van der Waals surface area (Å²) in [5, 5.41) is 42.3. The number of aliphatic hydroxyl groups is 2. The first-order chi connectivity index (χ1) is 13.2. The number of nitrogens with zero attached hydrogens (tertiary/aromatic N) is 1. The average molecular weight is 396 g/mol. The Labute approximate surface area is 168 Å². The molecular formula is C22H37NO5. The second kappa shape index (κ2) is 12.0.